The highest BCUT2D eigenvalue weighted by Gasteiger charge is 2.01. The lowest BCUT2D eigenvalue weighted by molar-refractivity contribution is 0.318. The van der Waals surface area contributed by atoms with Crippen LogP contribution in [0.1, 0.15) is 11.3 Å². The van der Waals surface area contributed by atoms with Crippen molar-refractivity contribution in [1.29, 1.82) is 0 Å². The largest absolute Gasteiger partial charge is 0.493 e. The Morgan fingerprint density at radius 2 is 2.12 bits per heavy atom. The van der Waals surface area contributed by atoms with Gasteiger partial charge in [0.1, 0.15) is 11.6 Å². The molecule has 0 fully saturated rings. The van der Waals surface area contributed by atoms with E-state index in [4.69, 9.17) is 4.74 Å². The van der Waals surface area contributed by atoms with E-state index in [9.17, 15) is 4.39 Å². The number of ether oxygens (including phenoxy) is 1. The molecule has 3 heteroatoms. The summed E-state index contributed by atoms with van der Waals surface area (Å²) in [7, 11) is 0. The Balaban J connectivity index is 1.90. The van der Waals surface area contributed by atoms with E-state index in [1.165, 1.54) is 12.1 Å². The number of rotatable bonds is 4. The highest BCUT2D eigenvalue weighted by Crippen LogP contribution is 2.18. The van der Waals surface area contributed by atoms with Crippen molar-refractivity contribution >= 4 is 0 Å². The molecule has 2 aromatic rings. The molecule has 0 saturated heterocycles. The van der Waals surface area contributed by atoms with E-state index in [0.717, 1.165) is 23.4 Å². The zero-order chi connectivity index (χ0) is 12.1. The van der Waals surface area contributed by atoms with E-state index in [0.29, 0.717) is 6.61 Å². The number of benzene rings is 1. The molecule has 17 heavy (non-hydrogen) atoms. The number of halogens is 1. The van der Waals surface area contributed by atoms with Crippen LogP contribution in [0.4, 0.5) is 4.39 Å². The third kappa shape index (κ3) is 3.28. The van der Waals surface area contributed by atoms with Crippen molar-refractivity contribution in [3.8, 4) is 5.75 Å². The summed E-state index contributed by atoms with van der Waals surface area (Å²) < 4.78 is 18.5. The predicted molar refractivity (Wildman–Crippen MR) is 64.6 cm³/mol. The predicted octanol–water partition coefficient (Wildman–Crippen LogP) is 3.15. The Kier molecular flexibility index (Phi) is 3.70. The van der Waals surface area contributed by atoms with Crippen LogP contribution in [-0.4, -0.2) is 11.6 Å². The molecule has 1 aromatic carbocycles. The van der Waals surface area contributed by atoms with Gasteiger partial charge in [0.05, 0.1) is 6.61 Å². The smallest absolute Gasteiger partial charge is 0.123 e. The zero-order valence-corrected chi connectivity index (χ0v) is 9.69. The van der Waals surface area contributed by atoms with Crippen molar-refractivity contribution in [2.75, 3.05) is 6.61 Å². The first-order valence-electron chi connectivity index (χ1n) is 5.54. The van der Waals surface area contributed by atoms with Crippen LogP contribution >= 0.6 is 0 Å². The summed E-state index contributed by atoms with van der Waals surface area (Å²) >= 11 is 0. The van der Waals surface area contributed by atoms with E-state index >= 15 is 0 Å². The fraction of sp³-hybridized carbons (Fsp3) is 0.214. The SMILES string of the molecule is Cc1cc(F)ccc1OCCc1ccccn1. The second-order valence-electron chi connectivity index (χ2n) is 3.83. The third-order valence-electron chi connectivity index (χ3n) is 2.48. The van der Waals surface area contributed by atoms with Crippen LogP contribution in [0.2, 0.25) is 0 Å². The molecule has 2 rings (SSSR count). The lowest BCUT2D eigenvalue weighted by atomic mass is 10.2. The van der Waals surface area contributed by atoms with Gasteiger partial charge in [-0.15, -0.1) is 0 Å². The summed E-state index contributed by atoms with van der Waals surface area (Å²) in [5, 5.41) is 0. The molecule has 0 aliphatic rings. The fourth-order valence-corrected chi connectivity index (χ4v) is 1.59. The minimum absolute atomic E-state index is 0.237. The van der Waals surface area contributed by atoms with Gasteiger partial charge in [0.25, 0.3) is 0 Å². The molecule has 0 atom stereocenters. The van der Waals surface area contributed by atoms with Crippen LogP contribution in [-0.2, 0) is 6.42 Å². The molecule has 0 aliphatic heterocycles. The Bertz CT molecular complexity index is 485. The van der Waals surface area contributed by atoms with Crippen molar-refractivity contribution in [2.24, 2.45) is 0 Å². The molecule has 0 unspecified atom stereocenters. The summed E-state index contributed by atoms with van der Waals surface area (Å²) in [5.74, 6) is 0.488. The summed E-state index contributed by atoms with van der Waals surface area (Å²) in [4.78, 5) is 4.21. The second-order valence-corrected chi connectivity index (χ2v) is 3.83. The van der Waals surface area contributed by atoms with E-state index in [-0.39, 0.29) is 5.82 Å². The first-order valence-corrected chi connectivity index (χ1v) is 5.54. The summed E-state index contributed by atoms with van der Waals surface area (Å²) in [6, 6.07) is 10.3. The minimum atomic E-state index is -0.237. The van der Waals surface area contributed by atoms with Crippen LogP contribution in [0, 0.1) is 12.7 Å². The van der Waals surface area contributed by atoms with Crippen molar-refractivity contribution in [1.82, 2.24) is 4.98 Å². The van der Waals surface area contributed by atoms with Crippen LogP contribution in [0.3, 0.4) is 0 Å². The highest BCUT2D eigenvalue weighted by molar-refractivity contribution is 5.32. The lowest BCUT2D eigenvalue weighted by Crippen LogP contribution is -2.03. The van der Waals surface area contributed by atoms with Crippen molar-refractivity contribution in [2.45, 2.75) is 13.3 Å². The number of nitrogens with zero attached hydrogens (tertiary/aromatic N) is 1. The van der Waals surface area contributed by atoms with Gasteiger partial charge in [-0.3, -0.25) is 4.98 Å². The van der Waals surface area contributed by atoms with Gasteiger partial charge in [0.2, 0.25) is 0 Å². The summed E-state index contributed by atoms with van der Waals surface area (Å²) in [6.07, 6.45) is 2.51. The lowest BCUT2D eigenvalue weighted by Gasteiger charge is -2.08. The highest BCUT2D eigenvalue weighted by atomic mass is 19.1. The van der Waals surface area contributed by atoms with Crippen LogP contribution in [0.25, 0.3) is 0 Å². The quantitative estimate of drug-likeness (QED) is 0.806. The Morgan fingerprint density at radius 1 is 1.24 bits per heavy atom. The van der Waals surface area contributed by atoms with Crippen LogP contribution in [0.5, 0.6) is 5.75 Å². The average Bonchev–Trinajstić information content (AvgIpc) is 2.33. The molecule has 0 spiro atoms. The average molecular weight is 231 g/mol. The van der Waals surface area contributed by atoms with Gasteiger partial charge in [0.15, 0.2) is 0 Å². The molecule has 1 heterocycles. The summed E-state index contributed by atoms with van der Waals surface area (Å²) in [6.45, 7) is 2.38. The first-order chi connectivity index (χ1) is 8.25. The Hall–Kier alpha value is -1.90. The van der Waals surface area contributed by atoms with Crippen LogP contribution < -0.4 is 4.74 Å². The second kappa shape index (κ2) is 5.43. The maximum Gasteiger partial charge on any atom is 0.123 e. The van der Waals surface area contributed by atoms with Gasteiger partial charge in [-0.05, 0) is 42.8 Å². The first kappa shape index (κ1) is 11.6. The van der Waals surface area contributed by atoms with E-state index < -0.39 is 0 Å². The summed E-state index contributed by atoms with van der Waals surface area (Å²) in [5.41, 5.74) is 1.80. The molecule has 88 valence electrons. The minimum Gasteiger partial charge on any atom is -0.493 e. The van der Waals surface area contributed by atoms with Gasteiger partial charge in [-0.2, -0.15) is 0 Å². The van der Waals surface area contributed by atoms with Gasteiger partial charge >= 0.3 is 0 Å². The molecule has 0 N–H and O–H groups in total. The van der Waals surface area contributed by atoms with Gasteiger partial charge < -0.3 is 4.74 Å². The molecule has 1 aromatic heterocycles. The molecule has 2 nitrogen and oxygen atoms in total. The Labute approximate surface area is 100 Å². The van der Waals surface area contributed by atoms with Gasteiger partial charge in [-0.1, -0.05) is 6.07 Å². The van der Waals surface area contributed by atoms with Crippen molar-refractivity contribution < 1.29 is 9.13 Å². The normalized spacial score (nSPS) is 10.2. The van der Waals surface area contributed by atoms with E-state index in [2.05, 4.69) is 4.98 Å². The fourth-order valence-electron chi connectivity index (χ4n) is 1.59. The maximum atomic E-state index is 12.9. The molecule has 0 bridgehead atoms. The van der Waals surface area contributed by atoms with E-state index in [1.54, 1.807) is 12.3 Å². The van der Waals surface area contributed by atoms with Crippen molar-refractivity contribution in [3.05, 3.63) is 59.7 Å². The maximum absolute atomic E-state index is 12.9. The molecular weight excluding hydrogens is 217 g/mol. The topological polar surface area (TPSA) is 22.1 Å². The number of aryl methyl sites for hydroxylation is 1. The third-order valence-corrected chi connectivity index (χ3v) is 2.48. The number of pyridine rings is 1. The molecule has 0 amide bonds. The van der Waals surface area contributed by atoms with Crippen molar-refractivity contribution in [3.63, 3.8) is 0 Å². The van der Waals surface area contributed by atoms with E-state index in [1.807, 2.05) is 25.1 Å². The van der Waals surface area contributed by atoms with Crippen LogP contribution in [0.15, 0.2) is 42.6 Å². The standard InChI is InChI=1S/C14H14FNO/c1-11-10-12(15)5-6-14(11)17-9-7-13-4-2-3-8-16-13/h2-6,8,10H,7,9H2,1H3. The molecule has 0 radical (unpaired) electrons. The van der Waals surface area contributed by atoms with Gasteiger partial charge in [-0.25, -0.2) is 4.39 Å². The number of hydrogen-bond acceptors (Lipinski definition) is 2. The molecule has 0 aliphatic carbocycles. The zero-order valence-electron chi connectivity index (χ0n) is 9.69. The van der Waals surface area contributed by atoms with Gasteiger partial charge in [0, 0.05) is 18.3 Å². The molecule has 0 saturated carbocycles. The Morgan fingerprint density at radius 3 is 2.82 bits per heavy atom. The number of hydrogen-bond donors (Lipinski definition) is 0. The number of aromatic nitrogens is 1. The monoisotopic (exact) mass is 231 g/mol. The molecular formula is C14H14FNO.